The zero-order valence-corrected chi connectivity index (χ0v) is 10.0. The predicted molar refractivity (Wildman–Crippen MR) is 67.6 cm³/mol. The second-order valence-electron chi connectivity index (χ2n) is 3.81. The second kappa shape index (κ2) is 5.42. The number of nitro benzene ring substituents is 1. The van der Waals surface area contributed by atoms with Crippen molar-refractivity contribution in [2.45, 2.75) is 13.5 Å². The highest BCUT2D eigenvalue weighted by atomic mass is 16.6. The Morgan fingerprint density at radius 3 is 2.67 bits per heavy atom. The van der Waals surface area contributed by atoms with Gasteiger partial charge in [-0.1, -0.05) is 6.92 Å². The number of nitrogens with zero attached hydrogens (tertiary/aromatic N) is 3. The van der Waals surface area contributed by atoms with Crippen molar-refractivity contribution in [2.24, 2.45) is 0 Å². The highest BCUT2D eigenvalue weighted by molar-refractivity contribution is 5.40. The molecule has 0 atom stereocenters. The molecule has 0 unspecified atom stereocenters. The average molecular weight is 246 g/mol. The van der Waals surface area contributed by atoms with Crippen molar-refractivity contribution in [1.29, 1.82) is 0 Å². The van der Waals surface area contributed by atoms with E-state index in [1.54, 1.807) is 16.8 Å². The lowest BCUT2D eigenvalue weighted by Gasteiger charge is -2.01. The molecule has 94 valence electrons. The standard InChI is InChI=1S/C12H14N4O2/c1-2-13-9-10-7-8-15(14-10)11-3-5-12(6-4-11)16(17)18/h3-8,13H,2,9H2,1H3. The summed E-state index contributed by atoms with van der Waals surface area (Å²) in [5, 5.41) is 18.1. The maximum Gasteiger partial charge on any atom is 0.269 e. The number of hydrogen-bond acceptors (Lipinski definition) is 4. The first-order valence-corrected chi connectivity index (χ1v) is 5.71. The first-order valence-electron chi connectivity index (χ1n) is 5.71. The molecule has 0 aliphatic heterocycles. The number of hydrogen-bond donors (Lipinski definition) is 1. The van der Waals surface area contributed by atoms with E-state index in [9.17, 15) is 10.1 Å². The van der Waals surface area contributed by atoms with Crippen LogP contribution in [-0.4, -0.2) is 21.2 Å². The van der Waals surface area contributed by atoms with E-state index in [2.05, 4.69) is 10.4 Å². The lowest BCUT2D eigenvalue weighted by atomic mass is 10.3. The molecule has 1 heterocycles. The highest BCUT2D eigenvalue weighted by Gasteiger charge is 2.05. The molecular weight excluding hydrogens is 232 g/mol. The van der Waals surface area contributed by atoms with Crippen LogP contribution in [0, 0.1) is 10.1 Å². The van der Waals surface area contributed by atoms with Crippen LogP contribution in [0.4, 0.5) is 5.69 Å². The number of benzene rings is 1. The summed E-state index contributed by atoms with van der Waals surface area (Å²) >= 11 is 0. The first-order chi connectivity index (χ1) is 8.70. The van der Waals surface area contributed by atoms with Gasteiger partial charge in [-0.05, 0) is 24.7 Å². The normalized spacial score (nSPS) is 10.5. The molecule has 0 amide bonds. The molecule has 0 aliphatic carbocycles. The fourth-order valence-corrected chi connectivity index (χ4v) is 1.58. The van der Waals surface area contributed by atoms with Crippen LogP contribution < -0.4 is 5.32 Å². The third-order valence-corrected chi connectivity index (χ3v) is 2.53. The van der Waals surface area contributed by atoms with Crippen LogP contribution in [0.25, 0.3) is 5.69 Å². The third kappa shape index (κ3) is 2.72. The SMILES string of the molecule is CCNCc1ccn(-c2ccc([N+](=O)[O-])cc2)n1. The van der Waals surface area contributed by atoms with Crippen molar-refractivity contribution in [2.75, 3.05) is 6.54 Å². The molecule has 0 spiro atoms. The summed E-state index contributed by atoms with van der Waals surface area (Å²) in [6.45, 7) is 3.65. The Kier molecular flexibility index (Phi) is 3.69. The number of nitro groups is 1. The molecule has 0 saturated carbocycles. The van der Waals surface area contributed by atoms with E-state index < -0.39 is 4.92 Å². The van der Waals surface area contributed by atoms with Crippen LogP contribution in [0.15, 0.2) is 36.5 Å². The van der Waals surface area contributed by atoms with Crippen molar-refractivity contribution in [3.63, 3.8) is 0 Å². The Morgan fingerprint density at radius 1 is 1.33 bits per heavy atom. The van der Waals surface area contributed by atoms with Crippen LogP contribution >= 0.6 is 0 Å². The van der Waals surface area contributed by atoms with Crippen LogP contribution in [0.5, 0.6) is 0 Å². The summed E-state index contributed by atoms with van der Waals surface area (Å²) in [5.41, 5.74) is 1.83. The summed E-state index contributed by atoms with van der Waals surface area (Å²) in [4.78, 5) is 10.1. The fraction of sp³-hybridized carbons (Fsp3) is 0.250. The molecule has 6 heteroatoms. The van der Waals surface area contributed by atoms with Crippen molar-refractivity contribution in [3.05, 3.63) is 52.3 Å². The molecular formula is C12H14N4O2. The maximum atomic E-state index is 10.5. The smallest absolute Gasteiger partial charge is 0.269 e. The van der Waals surface area contributed by atoms with Crippen molar-refractivity contribution < 1.29 is 4.92 Å². The first kappa shape index (κ1) is 12.3. The van der Waals surface area contributed by atoms with Crippen LogP contribution in [0.1, 0.15) is 12.6 Å². The van der Waals surface area contributed by atoms with Gasteiger partial charge in [0.05, 0.1) is 16.3 Å². The second-order valence-corrected chi connectivity index (χ2v) is 3.81. The molecule has 2 aromatic rings. The van der Waals surface area contributed by atoms with Gasteiger partial charge in [-0.15, -0.1) is 0 Å². The van der Waals surface area contributed by atoms with Gasteiger partial charge >= 0.3 is 0 Å². The largest absolute Gasteiger partial charge is 0.311 e. The summed E-state index contributed by atoms with van der Waals surface area (Å²) in [6.07, 6.45) is 1.84. The van der Waals surface area contributed by atoms with E-state index in [4.69, 9.17) is 0 Å². The van der Waals surface area contributed by atoms with Gasteiger partial charge in [-0.25, -0.2) is 4.68 Å². The molecule has 0 aliphatic rings. The zero-order valence-electron chi connectivity index (χ0n) is 10.0. The monoisotopic (exact) mass is 246 g/mol. The Hall–Kier alpha value is -2.21. The minimum atomic E-state index is -0.413. The predicted octanol–water partition coefficient (Wildman–Crippen LogP) is 1.89. The van der Waals surface area contributed by atoms with E-state index in [1.807, 2.05) is 19.2 Å². The fourth-order valence-electron chi connectivity index (χ4n) is 1.58. The van der Waals surface area contributed by atoms with Crippen LogP contribution in [0.3, 0.4) is 0 Å². The topological polar surface area (TPSA) is 73.0 Å². The summed E-state index contributed by atoms with van der Waals surface area (Å²) < 4.78 is 1.70. The Morgan fingerprint density at radius 2 is 2.06 bits per heavy atom. The van der Waals surface area contributed by atoms with Gasteiger partial charge in [0.1, 0.15) is 0 Å². The summed E-state index contributed by atoms with van der Waals surface area (Å²) in [5.74, 6) is 0. The molecule has 1 N–H and O–H groups in total. The van der Waals surface area contributed by atoms with Gasteiger partial charge in [0, 0.05) is 24.9 Å². The molecule has 1 aromatic carbocycles. The zero-order chi connectivity index (χ0) is 13.0. The Balaban J connectivity index is 2.15. The van der Waals surface area contributed by atoms with Gasteiger partial charge in [-0.2, -0.15) is 5.10 Å². The van der Waals surface area contributed by atoms with Gasteiger partial charge < -0.3 is 5.32 Å². The quantitative estimate of drug-likeness (QED) is 0.646. The lowest BCUT2D eigenvalue weighted by molar-refractivity contribution is -0.384. The van der Waals surface area contributed by atoms with E-state index in [0.29, 0.717) is 0 Å². The van der Waals surface area contributed by atoms with E-state index >= 15 is 0 Å². The average Bonchev–Trinajstić information content (AvgIpc) is 2.85. The molecule has 18 heavy (non-hydrogen) atoms. The van der Waals surface area contributed by atoms with Gasteiger partial charge in [0.2, 0.25) is 0 Å². The Bertz CT molecular complexity index is 533. The van der Waals surface area contributed by atoms with E-state index in [0.717, 1.165) is 24.5 Å². The van der Waals surface area contributed by atoms with Gasteiger partial charge in [-0.3, -0.25) is 10.1 Å². The van der Waals surface area contributed by atoms with Crippen molar-refractivity contribution in [1.82, 2.24) is 15.1 Å². The van der Waals surface area contributed by atoms with Crippen molar-refractivity contribution >= 4 is 5.69 Å². The number of aromatic nitrogens is 2. The molecule has 6 nitrogen and oxygen atoms in total. The minimum Gasteiger partial charge on any atom is -0.311 e. The van der Waals surface area contributed by atoms with Crippen LogP contribution in [-0.2, 0) is 6.54 Å². The molecule has 1 aromatic heterocycles. The summed E-state index contributed by atoms with van der Waals surface area (Å²) in [6, 6.07) is 8.23. The van der Waals surface area contributed by atoms with Crippen molar-refractivity contribution in [3.8, 4) is 5.69 Å². The third-order valence-electron chi connectivity index (χ3n) is 2.53. The number of nitrogens with one attached hydrogen (secondary N) is 1. The maximum absolute atomic E-state index is 10.5. The summed E-state index contributed by atoms with van der Waals surface area (Å²) in [7, 11) is 0. The molecule has 0 saturated heterocycles. The van der Waals surface area contributed by atoms with Gasteiger partial charge in [0.25, 0.3) is 5.69 Å². The highest BCUT2D eigenvalue weighted by Crippen LogP contribution is 2.14. The lowest BCUT2D eigenvalue weighted by Crippen LogP contribution is -2.12. The van der Waals surface area contributed by atoms with Crippen LogP contribution in [0.2, 0.25) is 0 Å². The number of non-ortho nitro benzene ring substituents is 1. The van der Waals surface area contributed by atoms with E-state index in [1.165, 1.54) is 12.1 Å². The molecule has 0 fully saturated rings. The van der Waals surface area contributed by atoms with Gasteiger partial charge in [0.15, 0.2) is 0 Å². The minimum absolute atomic E-state index is 0.0822. The number of rotatable bonds is 5. The molecule has 0 bridgehead atoms. The Labute approximate surface area is 104 Å². The molecule has 2 rings (SSSR count). The van der Waals surface area contributed by atoms with E-state index in [-0.39, 0.29) is 5.69 Å². The molecule has 0 radical (unpaired) electrons.